The monoisotopic (exact) mass is 425 g/mol. The molecule has 3 aromatic carbocycles. The lowest BCUT2D eigenvalue weighted by Crippen LogP contribution is -2.26. The highest BCUT2D eigenvalue weighted by molar-refractivity contribution is 5.97. The fourth-order valence-electron chi connectivity index (χ4n) is 4.02. The van der Waals surface area contributed by atoms with Gasteiger partial charge in [-0.3, -0.25) is 4.79 Å². The van der Waals surface area contributed by atoms with E-state index in [1.807, 2.05) is 31.2 Å². The first-order chi connectivity index (χ1) is 15.5. The van der Waals surface area contributed by atoms with E-state index in [1.54, 1.807) is 6.07 Å². The van der Waals surface area contributed by atoms with Gasteiger partial charge in [0.2, 0.25) is 0 Å². The molecule has 0 aliphatic heterocycles. The molecule has 2 N–H and O–H groups in total. The molecule has 0 aromatic heterocycles. The molecule has 0 bridgehead atoms. The summed E-state index contributed by atoms with van der Waals surface area (Å²) in [4.78, 5) is 23.7. The van der Waals surface area contributed by atoms with Gasteiger partial charge in [-0.1, -0.05) is 60.4 Å². The smallest absolute Gasteiger partial charge is 0.407 e. The minimum Gasteiger partial charge on any atom is -0.507 e. The summed E-state index contributed by atoms with van der Waals surface area (Å²) < 4.78 is 5.48. The van der Waals surface area contributed by atoms with Crippen molar-refractivity contribution in [1.82, 2.24) is 5.32 Å². The number of ketones is 1. The summed E-state index contributed by atoms with van der Waals surface area (Å²) in [6.45, 7) is 3.56. The van der Waals surface area contributed by atoms with Gasteiger partial charge >= 0.3 is 6.09 Å². The van der Waals surface area contributed by atoms with Crippen LogP contribution in [0.3, 0.4) is 0 Å². The van der Waals surface area contributed by atoms with E-state index < -0.39 is 6.09 Å². The highest BCUT2D eigenvalue weighted by Gasteiger charge is 2.28. The zero-order valence-corrected chi connectivity index (χ0v) is 17.9. The number of carbonyl (C=O) groups excluding carboxylic acids is 2. The van der Waals surface area contributed by atoms with Crippen LogP contribution in [0.5, 0.6) is 5.75 Å². The van der Waals surface area contributed by atoms with Crippen LogP contribution in [0.4, 0.5) is 4.79 Å². The average Bonchev–Trinajstić information content (AvgIpc) is 3.11. The van der Waals surface area contributed by atoms with Crippen molar-refractivity contribution in [2.75, 3.05) is 13.2 Å². The minimum atomic E-state index is -0.535. The highest BCUT2D eigenvalue weighted by atomic mass is 16.5. The van der Waals surface area contributed by atoms with Crippen LogP contribution in [-0.4, -0.2) is 30.1 Å². The SMILES string of the molecule is CC(=O)c1cc(C)c(C#CCNC(=O)OCC2c3ccccc3-c3ccccc32)cc1O. The first-order valence-corrected chi connectivity index (χ1v) is 10.4. The summed E-state index contributed by atoms with van der Waals surface area (Å²) >= 11 is 0. The Kier molecular flexibility index (Phi) is 5.96. The fourth-order valence-corrected chi connectivity index (χ4v) is 4.02. The Labute approximate surface area is 187 Å². The first kappa shape index (κ1) is 21.2. The molecule has 0 heterocycles. The largest absolute Gasteiger partial charge is 0.507 e. The minimum absolute atomic E-state index is 0.00431. The summed E-state index contributed by atoms with van der Waals surface area (Å²) in [6.07, 6.45) is -0.535. The molecule has 32 heavy (non-hydrogen) atoms. The van der Waals surface area contributed by atoms with Gasteiger partial charge in [-0.25, -0.2) is 4.79 Å². The third-order valence-corrected chi connectivity index (χ3v) is 5.61. The molecule has 3 aromatic rings. The van der Waals surface area contributed by atoms with Crippen molar-refractivity contribution in [3.63, 3.8) is 0 Å². The van der Waals surface area contributed by atoms with Crippen molar-refractivity contribution in [2.45, 2.75) is 19.8 Å². The number of aryl methyl sites for hydroxylation is 1. The number of nitrogens with one attached hydrogen (secondary N) is 1. The maximum atomic E-state index is 12.2. The van der Waals surface area contributed by atoms with Gasteiger partial charge in [0.25, 0.3) is 0 Å². The van der Waals surface area contributed by atoms with Crippen LogP contribution in [0.1, 0.15) is 45.5 Å². The Balaban J connectivity index is 1.36. The van der Waals surface area contributed by atoms with Crippen LogP contribution < -0.4 is 5.32 Å². The van der Waals surface area contributed by atoms with Gasteiger partial charge in [0.05, 0.1) is 12.1 Å². The standard InChI is InChI=1S/C27H23NO4/c1-17-14-24(18(2)29)26(30)15-19(17)8-7-13-28-27(31)32-16-25-22-11-5-3-9-20(22)21-10-4-6-12-23(21)25/h3-6,9-12,14-15,25,30H,13,16H2,1-2H3,(H,28,31). The van der Waals surface area contributed by atoms with Crippen molar-refractivity contribution in [3.8, 4) is 28.7 Å². The predicted octanol–water partition coefficient (Wildman–Crippen LogP) is 4.79. The number of benzene rings is 3. The number of Topliss-reactive ketones (excluding diaryl/α,β-unsaturated/α-hetero) is 1. The lowest BCUT2D eigenvalue weighted by molar-refractivity contribution is 0.101. The van der Waals surface area contributed by atoms with Gasteiger partial charge in [0.1, 0.15) is 12.4 Å². The second-order valence-electron chi connectivity index (χ2n) is 7.72. The lowest BCUT2D eigenvalue weighted by Gasteiger charge is -2.14. The Morgan fingerprint density at radius 2 is 1.66 bits per heavy atom. The van der Waals surface area contributed by atoms with E-state index in [4.69, 9.17) is 4.74 Å². The number of rotatable bonds is 4. The number of fused-ring (bicyclic) bond motifs is 3. The third-order valence-electron chi connectivity index (χ3n) is 5.61. The molecule has 1 aliphatic rings. The van der Waals surface area contributed by atoms with Crippen molar-refractivity contribution >= 4 is 11.9 Å². The van der Waals surface area contributed by atoms with Crippen LogP contribution in [0.2, 0.25) is 0 Å². The zero-order chi connectivity index (χ0) is 22.7. The number of aromatic hydroxyl groups is 1. The maximum Gasteiger partial charge on any atom is 0.407 e. The van der Waals surface area contributed by atoms with Gasteiger partial charge < -0.3 is 15.2 Å². The quantitative estimate of drug-likeness (QED) is 0.465. The maximum absolute atomic E-state index is 12.2. The zero-order valence-electron chi connectivity index (χ0n) is 17.9. The molecule has 1 amide bonds. The van der Waals surface area contributed by atoms with Crippen LogP contribution in [0, 0.1) is 18.8 Å². The fraction of sp³-hybridized carbons (Fsp3) is 0.185. The van der Waals surface area contributed by atoms with Gasteiger partial charge in [-0.2, -0.15) is 0 Å². The summed E-state index contributed by atoms with van der Waals surface area (Å²) in [7, 11) is 0. The molecule has 4 rings (SSSR count). The van der Waals surface area contributed by atoms with Crippen molar-refractivity contribution in [3.05, 3.63) is 88.5 Å². The van der Waals surface area contributed by atoms with Crippen LogP contribution >= 0.6 is 0 Å². The molecule has 0 atom stereocenters. The van der Waals surface area contributed by atoms with E-state index >= 15 is 0 Å². The molecule has 0 saturated heterocycles. The predicted molar refractivity (Wildman–Crippen MR) is 123 cm³/mol. The van der Waals surface area contributed by atoms with Gasteiger partial charge in [-0.05, 0) is 53.8 Å². The molecular weight excluding hydrogens is 402 g/mol. The number of ether oxygens (including phenoxy) is 1. The number of alkyl carbamates (subject to hydrolysis) is 1. The molecule has 160 valence electrons. The van der Waals surface area contributed by atoms with Crippen LogP contribution in [0.25, 0.3) is 11.1 Å². The number of hydrogen-bond acceptors (Lipinski definition) is 4. The molecule has 5 nitrogen and oxygen atoms in total. The normalized spacial score (nSPS) is 11.7. The second-order valence-corrected chi connectivity index (χ2v) is 7.72. The number of amides is 1. The molecule has 0 saturated carbocycles. The van der Waals surface area contributed by atoms with Gasteiger partial charge in [0, 0.05) is 11.5 Å². The Hall–Kier alpha value is -4.04. The van der Waals surface area contributed by atoms with E-state index in [1.165, 1.54) is 24.1 Å². The second kappa shape index (κ2) is 8.99. The van der Waals surface area contributed by atoms with E-state index in [0.29, 0.717) is 5.56 Å². The summed E-state index contributed by atoms with van der Waals surface area (Å²) in [6, 6.07) is 19.4. The van der Waals surface area contributed by atoms with E-state index in [-0.39, 0.29) is 36.2 Å². The molecular formula is C27H23NO4. The van der Waals surface area contributed by atoms with Gasteiger partial charge in [0.15, 0.2) is 5.78 Å². The Morgan fingerprint density at radius 3 is 2.28 bits per heavy atom. The first-order valence-electron chi connectivity index (χ1n) is 10.4. The molecule has 0 fully saturated rings. The average molecular weight is 425 g/mol. The number of phenolic OH excluding ortho intramolecular Hbond substituents is 1. The van der Waals surface area contributed by atoms with Crippen LogP contribution in [0.15, 0.2) is 60.7 Å². The molecule has 0 spiro atoms. The summed E-state index contributed by atoms with van der Waals surface area (Å²) in [5.74, 6) is 5.46. The number of phenols is 1. The molecule has 5 heteroatoms. The molecule has 0 radical (unpaired) electrons. The lowest BCUT2D eigenvalue weighted by atomic mass is 9.98. The summed E-state index contributed by atoms with van der Waals surface area (Å²) in [5, 5.41) is 12.6. The van der Waals surface area contributed by atoms with Gasteiger partial charge in [-0.15, -0.1) is 0 Å². The van der Waals surface area contributed by atoms with Crippen LogP contribution in [-0.2, 0) is 4.74 Å². The van der Waals surface area contributed by atoms with Crippen molar-refractivity contribution < 1.29 is 19.4 Å². The van der Waals surface area contributed by atoms with E-state index in [0.717, 1.165) is 16.7 Å². The number of carbonyl (C=O) groups is 2. The van der Waals surface area contributed by atoms with E-state index in [9.17, 15) is 14.7 Å². The number of hydrogen-bond donors (Lipinski definition) is 2. The van der Waals surface area contributed by atoms with E-state index in [2.05, 4.69) is 41.4 Å². The molecule has 1 aliphatic carbocycles. The molecule has 0 unspecified atom stereocenters. The highest BCUT2D eigenvalue weighted by Crippen LogP contribution is 2.44. The van der Waals surface area contributed by atoms with Crippen molar-refractivity contribution in [1.29, 1.82) is 0 Å². The van der Waals surface area contributed by atoms with Crippen molar-refractivity contribution in [2.24, 2.45) is 0 Å². The third kappa shape index (κ3) is 4.21. The Morgan fingerprint density at radius 1 is 1.03 bits per heavy atom. The summed E-state index contributed by atoms with van der Waals surface area (Å²) in [5.41, 5.74) is 6.32. The topological polar surface area (TPSA) is 75.6 Å². The Bertz CT molecular complexity index is 1220.